The highest BCUT2D eigenvalue weighted by molar-refractivity contribution is 5.77. The first-order valence-corrected chi connectivity index (χ1v) is 6.99. The number of hydrogen-bond acceptors (Lipinski definition) is 3. The summed E-state index contributed by atoms with van der Waals surface area (Å²) in [4.78, 5) is 22.6. The predicted octanol–water partition coefficient (Wildman–Crippen LogP) is 3.91. The van der Waals surface area contributed by atoms with Crippen LogP contribution in [-0.4, -0.2) is 11.8 Å². The fourth-order valence-electron chi connectivity index (χ4n) is 1.79. The van der Waals surface area contributed by atoms with E-state index < -0.39 is 0 Å². The molecule has 0 aliphatic carbocycles. The van der Waals surface area contributed by atoms with E-state index in [4.69, 9.17) is 4.74 Å². The van der Waals surface area contributed by atoms with Crippen LogP contribution in [0, 0.1) is 0 Å². The van der Waals surface area contributed by atoms with Crippen LogP contribution in [0.5, 0.6) is 5.75 Å². The fraction of sp³-hybridized carbons (Fsp3) is 0.500. The van der Waals surface area contributed by atoms with Crippen LogP contribution in [-0.2, 0) is 9.59 Å². The van der Waals surface area contributed by atoms with E-state index in [1.165, 1.54) is 0 Å². The van der Waals surface area contributed by atoms with E-state index in [1.807, 2.05) is 25.1 Å². The monoisotopic (exact) mass is 262 g/mol. The Kier molecular flexibility index (Phi) is 7.56. The number of hydrogen-bond donors (Lipinski definition) is 0. The Balaban J connectivity index is 2.03. The molecule has 0 heterocycles. The lowest BCUT2D eigenvalue weighted by molar-refractivity contribution is -0.134. The van der Waals surface area contributed by atoms with Crippen LogP contribution >= 0.6 is 0 Å². The quantitative estimate of drug-likeness (QED) is 0.385. The third-order valence-electron chi connectivity index (χ3n) is 2.96. The molecule has 0 aliphatic heterocycles. The largest absolute Gasteiger partial charge is 0.427 e. The molecule has 0 fully saturated rings. The summed E-state index contributed by atoms with van der Waals surface area (Å²) in [5.41, 5.74) is 0. The highest BCUT2D eigenvalue weighted by Gasteiger charge is 2.04. The molecule has 3 nitrogen and oxygen atoms in total. The molecule has 0 unspecified atom stereocenters. The first-order valence-electron chi connectivity index (χ1n) is 6.99. The van der Waals surface area contributed by atoms with Crippen LogP contribution in [0.15, 0.2) is 30.3 Å². The summed E-state index contributed by atoms with van der Waals surface area (Å²) in [5, 5.41) is 0. The van der Waals surface area contributed by atoms with Gasteiger partial charge in [0.15, 0.2) is 0 Å². The highest BCUT2D eigenvalue weighted by atomic mass is 16.5. The zero-order valence-corrected chi connectivity index (χ0v) is 11.6. The van der Waals surface area contributed by atoms with Crippen molar-refractivity contribution in [2.24, 2.45) is 0 Å². The van der Waals surface area contributed by atoms with Crippen molar-refractivity contribution in [3.05, 3.63) is 30.3 Å². The van der Waals surface area contributed by atoms with Crippen molar-refractivity contribution in [2.75, 3.05) is 0 Å². The van der Waals surface area contributed by atoms with Crippen molar-refractivity contribution < 1.29 is 14.3 Å². The smallest absolute Gasteiger partial charge is 0.311 e. The van der Waals surface area contributed by atoms with Crippen LogP contribution in [0.1, 0.15) is 51.9 Å². The van der Waals surface area contributed by atoms with Gasteiger partial charge in [0.25, 0.3) is 0 Å². The summed E-state index contributed by atoms with van der Waals surface area (Å²) in [6.45, 7) is 1.89. The molecule has 0 saturated heterocycles. The van der Waals surface area contributed by atoms with Crippen LogP contribution < -0.4 is 4.74 Å². The molecule has 3 heteroatoms. The average Bonchev–Trinajstić information content (AvgIpc) is 2.43. The van der Waals surface area contributed by atoms with Gasteiger partial charge >= 0.3 is 5.97 Å². The van der Waals surface area contributed by atoms with Crippen LogP contribution in [0.25, 0.3) is 0 Å². The maximum Gasteiger partial charge on any atom is 0.311 e. The fourth-order valence-corrected chi connectivity index (χ4v) is 1.79. The number of Topliss-reactive ketones (excluding diaryl/α,β-unsaturated/α-hetero) is 1. The van der Waals surface area contributed by atoms with Crippen molar-refractivity contribution in [3.8, 4) is 5.75 Å². The molecule has 0 aromatic heterocycles. The SMILES string of the molecule is CCC(=O)CCCCCCC(=O)Oc1ccccc1. The van der Waals surface area contributed by atoms with Crippen LogP contribution in [0.4, 0.5) is 0 Å². The van der Waals surface area contributed by atoms with Gasteiger partial charge in [-0.15, -0.1) is 0 Å². The van der Waals surface area contributed by atoms with E-state index in [0.717, 1.165) is 25.7 Å². The van der Waals surface area contributed by atoms with Crippen molar-refractivity contribution in [3.63, 3.8) is 0 Å². The Morgan fingerprint density at radius 3 is 2.21 bits per heavy atom. The second-order valence-electron chi connectivity index (χ2n) is 4.59. The van der Waals surface area contributed by atoms with Gasteiger partial charge in [0.2, 0.25) is 0 Å². The van der Waals surface area contributed by atoms with Crippen molar-refractivity contribution >= 4 is 11.8 Å². The minimum Gasteiger partial charge on any atom is -0.427 e. The summed E-state index contributed by atoms with van der Waals surface area (Å²) in [6.07, 6.45) is 5.47. The molecule has 1 rings (SSSR count). The first-order chi connectivity index (χ1) is 9.22. The van der Waals surface area contributed by atoms with E-state index >= 15 is 0 Å². The Bertz CT molecular complexity index is 384. The standard InChI is InChI=1S/C16H22O3/c1-2-14(17)10-6-3-4-9-13-16(18)19-15-11-7-5-8-12-15/h5,7-8,11-12H,2-4,6,9-10,13H2,1H3. The summed E-state index contributed by atoms with van der Waals surface area (Å²) in [7, 11) is 0. The summed E-state index contributed by atoms with van der Waals surface area (Å²) >= 11 is 0. The summed E-state index contributed by atoms with van der Waals surface area (Å²) in [6, 6.07) is 9.11. The molecular weight excluding hydrogens is 240 g/mol. The van der Waals surface area contributed by atoms with Crippen molar-refractivity contribution in [1.82, 2.24) is 0 Å². The van der Waals surface area contributed by atoms with Gasteiger partial charge in [-0.3, -0.25) is 9.59 Å². The van der Waals surface area contributed by atoms with Gasteiger partial charge in [0, 0.05) is 19.3 Å². The molecule has 0 aliphatic rings. The van der Waals surface area contributed by atoms with E-state index in [1.54, 1.807) is 12.1 Å². The van der Waals surface area contributed by atoms with Crippen LogP contribution in [0.2, 0.25) is 0 Å². The Morgan fingerprint density at radius 1 is 0.947 bits per heavy atom. The molecular formula is C16H22O3. The lowest BCUT2D eigenvalue weighted by Crippen LogP contribution is -2.07. The summed E-state index contributed by atoms with van der Waals surface area (Å²) in [5.74, 6) is 0.736. The van der Waals surface area contributed by atoms with Gasteiger partial charge in [-0.25, -0.2) is 0 Å². The average molecular weight is 262 g/mol. The Hall–Kier alpha value is -1.64. The third-order valence-corrected chi connectivity index (χ3v) is 2.96. The van der Waals surface area contributed by atoms with Crippen LogP contribution in [0.3, 0.4) is 0 Å². The topological polar surface area (TPSA) is 43.4 Å². The molecule has 19 heavy (non-hydrogen) atoms. The number of ketones is 1. The molecule has 0 amide bonds. The highest BCUT2D eigenvalue weighted by Crippen LogP contribution is 2.11. The summed E-state index contributed by atoms with van der Waals surface area (Å²) < 4.78 is 5.18. The zero-order chi connectivity index (χ0) is 13.9. The molecule has 0 bridgehead atoms. The molecule has 0 radical (unpaired) electrons. The minimum absolute atomic E-state index is 0.184. The molecule has 0 N–H and O–H groups in total. The number of para-hydroxylation sites is 1. The Morgan fingerprint density at radius 2 is 1.58 bits per heavy atom. The minimum atomic E-state index is -0.184. The maximum atomic E-state index is 11.5. The number of rotatable bonds is 9. The molecule has 0 saturated carbocycles. The first kappa shape index (κ1) is 15.4. The van der Waals surface area contributed by atoms with Crippen molar-refractivity contribution in [1.29, 1.82) is 0 Å². The van der Waals surface area contributed by atoms with E-state index in [-0.39, 0.29) is 5.97 Å². The number of esters is 1. The number of carbonyl (C=O) groups is 2. The lowest BCUT2D eigenvalue weighted by atomic mass is 10.1. The molecule has 0 atom stereocenters. The second-order valence-corrected chi connectivity index (χ2v) is 4.59. The Labute approximate surface area is 115 Å². The van der Waals surface area contributed by atoms with E-state index in [2.05, 4.69) is 0 Å². The predicted molar refractivity (Wildman–Crippen MR) is 75.1 cm³/mol. The number of benzene rings is 1. The number of carbonyl (C=O) groups excluding carboxylic acids is 2. The van der Waals surface area contributed by atoms with E-state index in [0.29, 0.717) is 30.8 Å². The van der Waals surface area contributed by atoms with Gasteiger partial charge in [0.1, 0.15) is 11.5 Å². The van der Waals surface area contributed by atoms with Gasteiger partial charge in [-0.1, -0.05) is 38.0 Å². The number of ether oxygens (including phenoxy) is 1. The molecule has 1 aromatic rings. The van der Waals surface area contributed by atoms with E-state index in [9.17, 15) is 9.59 Å². The maximum absolute atomic E-state index is 11.5. The van der Waals surface area contributed by atoms with Gasteiger partial charge < -0.3 is 4.74 Å². The molecule has 1 aromatic carbocycles. The second kappa shape index (κ2) is 9.31. The third kappa shape index (κ3) is 7.39. The van der Waals surface area contributed by atoms with Gasteiger partial charge in [-0.2, -0.15) is 0 Å². The molecule has 104 valence electrons. The normalized spacial score (nSPS) is 10.2. The van der Waals surface area contributed by atoms with Crippen molar-refractivity contribution in [2.45, 2.75) is 51.9 Å². The van der Waals surface area contributed by atoms with Gasteiger partial charge in [-0.05, 0) is 25.0 Å². The zero-order valence-electron chi connectivity index (χ0n) is 11.6. The number of unbranched alkanes of at least 4 members (excludes halogenated alkanes) is 3. The molecule has 0 spiro atoms. The van der Waals surface area contributed by atoms with Gasteiger partial charge in [0.05, 0.1) is 0 Å². The lowest BCUT2D eigenvalue weighted by Gasteiger charge is -2.04.